The van der Waals surface area contributed by atoms with Crippen LogP contribution in [0.15, 0.2) is 10.7 Å². The van der Waals surface area contributed by atoms with Gasteiger partial charge in [-0.2, -0.15) is 4.98 Å². The number of unbranched alkanes of at least 4 members (excludes halogenated alkanes) is 1. The molecule has 3 nitrogen and oxygen atoms in total. The van der Waals surface area contributed by atoms with Crippen LogP contribution in [-0.4, -0.2) is 18.6 Å². The van der Waals surface area contributed by atoms with E-state index < -0.39 is 0 Å². The summed E-state index contributed by atoms with van der Waals surface area (Å²) < 4.78 is 4.74. The van der Waals surface area contributed by atoms with Crippen molar-refractivity contribution in [3.05, 3.63) is 12.7 Å². The first kappa shape index (κ1) is 8.11. The molecular weight excluding hydrogens is 140 g/mol. The molecule has 1 aromatic rings. The molecule has 1 heterocycles. The predicted molar refractivity (Wildman–Crippen MR) is 43.5 cm³/mol. The summed E-state index contributed by atoms with van der Waals surface area (Å²) in [7, 11) is 2.00. The lowest BCUT2D eigenvalue weighted by atomic mass is 10.3. The quantitative estimate of drug-likeness (QED) is 0.659. The normalized spacial score (nSPS) is 10.0. The molecule has 0 bridgehead atoms. The van der Waals surface area contributed by atoms with Gasteiger partial charge in [0.05, 0.1) is 0 Å². The van der Waals surface area contributed by atoms with E-state index in [2.05, 4.69) is 23.2 Å². The Balaban J connectivity index is 2.36. The summed E-state index contributed by atoms with van der Waals surface area (Å²) in [5.74, 6) is 0.860. The van der Waals surface area contributed by atoms with E-state index in [9.17, 15) is 0 Å². The largest absolute Gasteiger partial charge is 0.439 e. The molecule has 0 aromatic carbocycles. The highest BCUT2D eigenvalue weighted by atomic mass is 16.3. The summed E-state index contributed by atoms with van der Waals surface area (Å²) >= 11 is 0. The van der Waals surface area contributed by atoms with Crippen LogP contribution in [0, 0.1) is 6.39 Å². The van der Waals surface area contributed by atoms with Gasteiger partial charge in [-0.3, -0.25) is 0 Å². The summed E-state index contributed by atoms with van der Waals surface area (Å²) in [6, 6.07) is 0. The maximum Gasteiger partial charge on any atom is 0.285 e. The average Bonchev–Trinajstić information content (AvgIpc) is 2.52. The lowest BCUT2D eigenvalue weighted by Crippen LogP contribution is -2.18. The number of aromatic nitrogens is 1. The highest BCUT2D eigenvalue weighted by molar-refractivity contribution is 5.31. The average molecular weight is 153 g/mol. The standard InChI is InChI=1S/C8H13N2O/c1-3-4-5-10(2)8-6-11-7-9-8/h6H,3-5H2,1-2H3. The first-order valence-corrected chi connectivity index (χ1v) is 3.87. The van der Waals surface area contributed by atoms with Gasteiger partial charge in [-0.1, -0.05) is 13.3 Å². The van der Waals surface area contributed by atoms with Gasteiger partial charge in [0.15, 0.2) is 5.82 Å². The van der Waals surface area contributed by atoms with Crippen molar-refractivity contribution in [1.82, 2.24) is 4.98 Å². The van der Waals surface area contributed by atoms with Crippen molar-refractivity contribution >= 4 is 5.82 Å². The maximum atomic E-state index is 4.74. The zero-order valence-corrected chi connectivity index (χ0v) is 7.00. The number of rotatable bonds is 4. The van der Waals surface area contributed by atoms with E-state index >= 15 is 0 Å². The minimum atomic E-state index is 0.860. The van der Waals surface area contributed by atoms with Crippen molar-refractivity contribution in [3.63, 3.8) is 0 Å². The van der Waals surface area contributed by atoms with Crippen LogP contribution in [0.2, 0.25) is 0 Å². The van der Waals surface area contributed by atoms with E-state index in [4.69, 9.17) is 4.42 Å². The Morgan fingerprint density at radius 2 is 2.55 bits per heavy atom. The zero-order chi connectivity index (χ0) is 8.10. The lowest BCUT2D eigenvalue weighted by Gasteiger charge is -2.13. The van der Waals surface area contributed by atoms with Gasteiger partial charge in [-0.15, -0.1) is 0 Å². The Hall–Kier alpha value is -0.990. The lowest BCUT2D eigenvalue weighted by molar-refractivity contribution is 0.547. The van der Waals surface area contributed by atoms with Crippen LogP contribution < -0.4 is 4.90 Å². The molecule has 1 rings (SSSR count). The Morgan fingerprint density at radius 3 is 3.09 bits per heavy atom. The Kier molecular flexibility index (Phi) is 2.95. The first-order valence-electron chi connectivity index (χ1n) is 3.87. The summed E-state index contributed by atoms with van der Waals surface area (Å²) in [6.07, 6.45) is 6.41. The third kappa shape index (κ3) is 2.26. The van der Waals surface area contributed by atoms with Crippen LogP contribution in [0.3, 0.4) is 0 Å². The number of oxazole rings is 1. The molecule has 0 fully saturated rings. The van der Waals surface area contributed by atoms with Crippen LogP contribution in [0.1, 0.15) is 19.8 Å². The van der Waals surface area contributed by atoms with Gasteiger partial charge < -0.3 is 9.32 Å². The molecule has 0 unspecified atom stereocenters. The Bertz CT molecular complexity index is 184. The molecule has 0 saturated carbocycles. The smallest absolute Gasteiger partial charge is 0.285 e. The molecule has 0 saturated heterocycles. The van der Waals surface area contributed by atoms with Crippen molar-refractivity contribution < 1.29 is 4.42 Å². The van der Waals surface area contributed by atoms with Crippen molar-refractivity contribution in [1.29, 1.82) is 0 Å². The van der Waals surface area contributed by atoms with E-state index in [0.717, 1.165) is 12.4 Å². The van der Waals surface area contributed by atoms with Crippen LogP contribution in [0.5, 0.6) is 0 Å². The van der Waals surface area contributed by atoms with E-state index in [-0.39, 0.29) is 0 Å². The highest BCUT2D eigenvalue weighted by Gasteiger charge is 2.01. The van der Waals surface area contributed by atoms with Crippen molar-refractivity contribution in [2.75, 3.05) is 18.5 Å². The molecule has 0 aliphatic carbocycles. The number of hydrogen-bond donors (Lipinski definition) is 0. The second-order valence-electron chi connectivity index (χ2n) is 2.57. The monoisotopic (exact) mass is 153 g/mol. The van der Waals surface area contributed by atoms with Crippen LogP contribution in [0.4, 0.5) is 5.82 Å². The van der Waals surface area contributed by atoms with Gasteiger partial charge in [0, 0.05) is 13.6 Å². The van der Waals surface area contributed by atoms with Gasteiger partial charge in [0.1, 0.15) is 6.26 Å². The Labute approximate surface area is 67.0 Å². The van der Waals surface area contributed by atoms with Crippen molar-refractivity contribution in [2.24, 2.45) is 0 Å². The third-order valence-corrected chi connectivity index (χ3v) is 1.62. The predicted octanol–water partition coefficient (Wildman–Crippen LogP) is 1.71. The topological polar surface area (TPSA) is 29.3 Å². The molecule has 0 amide bonds. The van der Waals surface area contributed by atoms with E-state index in [1.54, 1.807) is 6.26 Å². The Morgan fingerprint density at radius 1 is 1.73 bits per heavy atom. The second-order valence-corrected chi connectivity index (χ2v) is 2.57. The van der Waals surface area contributed by atoms with Gasteiger partial charge in [0.25, 0.3) is 6.39 Å². The molecule has 0 spiro atoms. The maximum absolute atomic E-state index is 4.74. The summed E-state index contributed by atoms with van der Waals surface area (Å²) in [5, 5.41) is 0. The molecule has 0 aliphatic heterocycles. The minimum Gasteiger partial charge on any atom is -0.439 e. The van der Waals surface area contributed by atoms with Crippen LogP contribution >= 0.6 is 0 Å². The van der Waals surface area contributed by atoms with Gasteiger partial charge >= 0.3 is 0 Å². The molecule has 3 heteroatoms. The van der Waals surface area contributed by atoms with E-state index in [1.165, 1.54) is 12.8 Å². The summed E-state index contributed by atoms with van der Waals surface area (Å²) in [4.78, 5) is 5.96. The van der Waals surface area contributed by atoms with Crippen molar-refractivity contribution in [2.45, 2.75) is 19.8 Å². The van der Waals surface area contributed by atoms with Gasteiger partial charge in [-0.25, -0.2) is 0 Å². The van der Waals surface area contributed by atoms with Crippen LogP contribution in [0.25, 0.3) is 0 Å². The minimum absolute atomic E-state index is 0.860. The van der Waals surface area contributed by atoms with Crippen molar-refractivity contribution in [3.8, 4) is 0 Å². The van der Waals surface area contributed by atoms with Gasteiger partial charge in [0.2, 0.25) is 0 Å². The number of nitrogens with zero attached hydrogens (tertiary/aromatic N) is 2. The molecule has 1 radical (unpaired) electrons. The number of anilines is 1. The molecule has 0 atom stereocenters. The summed E-state index contributed by atoms with van der Waals surface area (Å²) in [6.45, 7) is 3.19. The first-order chi connectivity index (χ1) is 5.34. The summed E-state index contributed by atoms with van der Waals surface area (Å²) in [5.41, 5.74) is 0. The fourth-order valence-corrected chi connectivity index (χ4v) is 0.864. The zero-order valence-electron chi connectivity index (χ0n) is 7.00. The molecular formula is C8H13N2O. The van der Waals surface area contributed by atoms with Gasteiger partial charge in [-0.05, 0) is 6.42 Å². The molecule has 1 aromatic heterocycles. The van der Waals surface area contributed by atoms with E-state index in [0.29, 0.717) is 0 Å². The molecule has 61 valence electrons. The number of hydrogen-bond acceptors (Lipinski definition) is 3. The highest BCUT2D eigenvalue weighted by Crippen LogP contribution is 2.07. The SMILES string of the molecule is CCCCN(C)c1co[c]n1. The fraction of sp³-hybridized carbons (Fsp3) is 0.625. The third-order valence-electron chi connectivity index (χ3n) is 1.62. The van der Waals surface area contributed by atoms with E-state index in [1.807, 2.05) is 7.05 Å². The molecule has 0 aliphatic rings. The molecule has 0 N–H and O–H groups in total. The second kappa shape index (κ2) is 4.01. The van der Waals surface area contributed by atoms with Crippen LogP contribution in [-0.2, 0) is 0 Å². The molecule has 11 heavy (non-hydrogen) atoms. The fourth-order valence-electron chi connectivity index (χ4n) is 0.864.